The number of ether oxygens (including phenoxy) is 1. The van der Waals surface area contributed by atoms with Crippen LogP contribution >= 0.6 is 0 Å². The van der Waals surface area contributed by atoms with Crippen molar-refractivity contribution in [2.24, 2.45) is 0 Å². The summed E-state index contributed by atoms with van der Waals surface area (Å²) in [6.07, 6.45) is 1.07. The summed E-state index contributed by atoms with van der Waals surface area (Å²) in [7, 11) is 0. The quantitative estimate of drug-likeness (QED) is 0.785. The van der Waals surface area contributed by atoms with Crippen molar-refractivity contribution >= 4 is 11.8 Å². The maximum Gasteiger partial charge on any atom is 0.224 e. The third-order valence-electron chi connectivity index (χ3n) is 3.23. The van der Waals surface area contributed by atoms with Gasteiger partial charge < -0.3 is 15.4 Å². The lowest BCUT2D eigenvalue weighted by atomic mass is 10.4. The zero-order valence-corrected chi connectivity index (χ0v) is 12.5. The molecule has 1 aliphatic heterocycles. The van der Waals surface area contributed by atoms with E-state index in [0.29, 0.717) is 5.95 Å². The van der Waals surface area contributed by atoms with Gasteiger partial charge >= 0.3 is 0 Å². The van der Waals surface area contributed by atoms with Crippen LogP contribution in [-0.2, 0) is 4.74 Å². The zero-order valence-electron chi connectivity index (χ0n) is 12.5. The van der Waals surface area contributed by atoms with Crippen molar-refractivity contribution in [2.75, 3.05) is 56.6 Å². The fourth-order valence-corrected chi connectivity index (χ4v) is 2.14. The molecule has 2 heterocycles. The summed E-state index contributed by atoms with van der Waals surface area (Å²) in [6.45, 7) is 10.7. The summed E-state index contributed by atoms with van der Waals surface area (Å²) < 4.78 is 5.34. The molecule has 1 fully saturated rings. The number of hydrogen-bond acceptors (Lipinski definition) is 6. The third-order valence-corrected chi connectivity index (χ3v) is 3.23. The zero-order chi connectivity index (χ0) is 14.2. The van der Waals surface area contributed by atoms with Gasteiger partial charge in [-0.05, 0) is 13.3 Å². The van der Waals surface area contributed by atoms with E-state index in [1.54, 1.807) is 0 Å². The van der Waals surface area contributed by atoms with Crippen LogP contribution in [0.15, 0.2) is 6.07 Å². The second kappa shape index (κ2) is 8.01. The van der Waals surface area contributed by atoms with Crippen LogP contribution < -0.4 is 10.6 Å². The van der Waals surface area contributed by atoms with Crippen LogP contribution in [0.4, 0.5) is 11.8 Å². The second-order valence-electron chi connectivity index (χ2n) is 5.03. The first-order valence-electron chi connectivity index (χ1n) is 7.41. The average Bonchev–Trinajstić information content (AvgIpc) is 2.46. The molecule has 0 bridgehead atoms. The van der Waals surface area contributed by atoms with Crippen LogP contribution in [0.5, 0.6) is 0 Å². The minimum absolute atomic E-state index is 0.709. The van der Waals surface area contributed by atoms with Crippen LogP contribution in [0.3, 0.4) is 0 Å². The standard InChI is InChI=1S/C14H25N5O/c1-3-4-16-14-17-12(2)11-13(18-14)15-5-6-19-7-9-20-10-8-19/h11H,3-10H2,1-2H3,(H2,15,16,17,18). The molecule has 0 radical (unpaired) electrons. The largest absolute Gasteiger partial charge is 0.379 e. The third kappa shape index (κ3) is 4.94. The van der Waals surface area contributed by atoms with Gasteiger partial charge in [0, 0.05) is 44.5 Å². The maximum atomic E-state index is 5.34. The fraction of sp³-hybridized carbons (Fsp3) is 0.714. The van der Waals surface area contributed by atoms with Crippen molar-refractivity contribution < 1.29 is 4.74 Å². The van der Waals surface area contributed by atoms with Gasteiger partial charge in [0.15, 0.2) is 0 Å². The van der Waals surface area contributed by atoms with Gasteiger partial charge in [0.2, 0.25) is 5.95 Å². The molecule has 0 atom stereocenters. The van der Waals surface area contributed by atoms with Gasteiger partial charge in [-0.25, -0.2) is 4.98 Å². The number of aromatic nitrogens is 2. The van der Waals surface area contributed by atoms with E-state index in [4.69, 9.17) is 4.74 Å². The Balaban J connectivity index is 1.80. The number of anilines is 2. The molecule has 2 N–H and O–H groups in total. The number of nitrogens with zero attached hydrogens (tertiary/aromatic N) is 3. The highest BCUT2D eigenvalue weighted by atomic mass is 16.5. The van der Waals surface area contributed by atoms with Crippen LogP contribution in [-0.4, -0.2) is 60.8 Å². The number of rotatable bonds is 7. The Hall–Kier alpha value is -1.40. The summed E-state index contributed by atoms with van der Waals surface area (Å²) in [6, 6.07) is 1.98. The summed E-state index contributed by atoms with van der Waals surface area (Å²) in [5.41, 5.74) is 0.979. The van der Waals surface area contributed by atoms with Crippen LogP contribution in [0.1, 0.15) is 19.0 Å². The summed E-state index contributed by atoms with van der Waals surface area (Å²) in [4.78, 5) is 11.3. The molecule has 1 aliphatic rings. The van der Waals surface area contributed by atoms with E-state index in [9.17, 15) is 0 Å². The Morgan fingerprint density at radius 3 is 2.75 bits per heavy atom. The van der Waals surface area contributed by atoms with Gasteiger partial charge in [-0.1, -0.05) is 6.92 Å². The van der Waals surface area contributed by atoms with Crippen LogP contribution in [0, 0.1) is 6.92 Å². The molecule has 1 aromatic rings. The van der Waals surface area contributed by atoms with Crippen molar-refractivity contribution in [2.45, 2.75) is 20.3 Å². The van der Waals surface area contributed by atoms with Gasteiger partial charge in [0.05, 0.1) is 13.2 Å². The van der Waals surface area contributed by atoms with Crippen molar-refractivity contribution in [3.8, 4) is 0 Å². The molecular formula is C14H25N5O. The topological polar surface area (TPSA) is 62.3 Å². The minimum atomic E-state index is 0.709. The van der Waals surface area contributed by atoms with Crippen molar-refractivity contribution in [3.05, 3.63) is 11.8 Å². The monoisotopic (exact) mass is 279 g/mol. The lowest BCUT2D eigenvalue weighted by molar-refractivity contribution is 0.0398. The van der Waals surface area contributed by atoms with Gasteiger partial charge in [0.1, 0.15) is 5.82 Å². The predicted molar refractivity (Wildman–Crippen MR) is 81.3 cm³/mol. The molecule has 0 aromatic carbocycles. The molecule has 112 valence electrons. The van der Waals surface area contributed by atoms with Crippen LogP contribution in [0.25, 0.3) is 0 Å². The highest BCUT2D eigenvalue weighted by Crippen LogP contribution is 2.09. The molecule has 2 rings (SSSR count). The summed E-state index contributed by atoms with van der Waals surface area (Å²) >= 11 is 0. The Bertz CT molecular complexity index is 407. The van der Waals surface area contributed by atoms with E-state index < -0.39 is 0 Å². The minimum Gasteiger partial charge on any atom is -0.379 e. The Morgan fingerprint density at radius 1 is 1.20 bits per heavy atom. The maximum absolute atomic E-state index is 5.34. The fourth-order valence-electron chi connectivity index (χ4n) is 2.14. The summed E-state index contributed by atoms with van der Waals surface area (Å²) in [5, 5.41) is 6.60. The predicted octanol–water partition coefficient (Wildman–Crippen LogP) is 1.35. The van der Waals surface area contributed by atoms with Gasteiger partial charge in [-0.3, -0.25) is 4.90 Å². The molecule has 6 nitrogen and oxygen atoms in total. The van der Waals surface area contributed by atoms with Crippen molar-refractivity contribution in [3.63, 3.8) is 0 Å². The molecule has 1 aromatic heterocycles. The van der Waals surface area contributed by atoms with Gasteiger partial charge in [-0.15, -0.1) is 0 Å². The first-order chi connectivity index (χ1) is 9.78. The van der Waals surface area contributed by atoms with E-state index in [-0.39, 0.29) is 0 Å². The molecule has 0 unspecified atom stereocenters. The molecule has 20 heavy (non-hydrogen) atoms. The Morgan fingerprint density at radius 2 is 2.00 bits per heavy atom. The first kappa shape index (κ1) is 15.0. The molecule has 0 aliphatic carbocycles. The van der Waals surface area contributed by atoms with Crippen molar-refractivity contribution in [1.29, 1.82) is 0 Å². The molecule has 0 spiro atoms. The first-order valence-corrected chi connectivity index (χ1v) is 7.41. The normalized spacial score (nSPS) is 16.1. The van der Waals surface area contributed by atoms with E-state index in [1.165, 1.54) is 0 Å². The molecule has 0 amide bonds. The van der Waals surface area contributed by atoms with E-state index in [0.717, 1.165) is 63.9 Å². The number of hydrogen-bond donors (Lipinski definition) is 2. The SMILES string of the molecule is CCCNc1nc(C)cc(NCCN2CCOCC2)n1. The highest BCUT2D eigenvalue weighted by molar-refractivity contribution is 5.42. The summed E-state index contributed by atoms with van der Waals surface area (Å²) in [5.74, 6) is 1.60. The average molecular weight is 279 g/mol. The van der Waals surface area contributed by atoms with E-state index >= 15 is 0 Å². The molecule has 1 saturated heterocycles. The number of aryl methyl sites for hydroxylation is 1. The smallest absolute Gasteiger partial charge is 0.224 e. The molecule has 6 heteroatoms. The highest BCUT2D eigenvalue weighted by Gasteiger charge is 2.09. The van der Waals surface area contributed by atoms with E-state index in [1.807, 2.05) is 13.0 Å². The van der Waals surface area contributed by atoms with Gasteiger partial charge in [0.25, 0.3) is 0 Å². The number of morpholine rings is 1. The van der Waals surface area contributed by atoms with Gasteiger partial charge in [-0.2, -0.15) is 4.98 Å². The van der Waals surface area contributed by atoms with E-state index in [2.05, 4.69) is 32.4 Å². The second-order valence-corrected chi connectivity index (χ2v) is 5.03. The van der Waals surface area contributed by atoms with Crippen molar-refractivity contribution in [1.82, 2.24) is 14.9 Å². The lowest BCUT2D eigenvalue weighted by Gasteiger charge is -2.26. The Labute approximate surface area is 120 Å². The van der Waals surface area contributed by atoms with Crippen LogP contribution in [0.2, 0.25) is 0 Å². The lowest BCUT2D eigenvalue weighted by Crippen LogP contribution is -2.39. The molecule has 0 saturated carbocycles. The molecular weight excluding hydrogens is 254 g/mol. The number of nitrogens with one attached hydrogen (secondary N) is 2. The Kier molecular flexibility index (Phi) is 6.01.